The van der Waals surface area contributed by atoms with Gasteiger partial charge < -0.3 is 32.5 Å². The van der Waals surface area contributed by atoms with Crippen LogP contribution in [0.15, 0.2) is 34.4 Å². The molecule has 1 aromatic carbocycles. The van der Waals surface area contributed by atoms with Gasteiger partial charge in [-0.05, 0) is 43.5 Å². The highest BCUT2D eigenvalue weighted by Crippen LogP contribution is 2.13. The quantitative estimate of drug-likeness (QED) is 0.103. The molecular weight excluding hydrogens is 360 g/mol. The van der Waals surface area contributed by atoms with Gasteiger partial charge in [-0.1, -0.05) is 30.1 Å². The van der Waals surface area contributed by atoms with Gasteiger partial charge in [0.25, 0.3) is 5.91 Å². The van der Waals surface area contributed by atoms with Crippen LogP contribution in [0.1, 0.15) is 37.7 Å². The van der Waals surface area contributed by atoms with E-state index in [9.17, 15) is 4.79 Å². The maximum atomic E-state index is 12.1. The second-order valence-electron chi connectivity index (χ2n) is 6.33. The molecule has 0 aliphatic carbocycles. The first-order valence-corrected chi connectivity index (χ1v) is 9.53. The topological polar surface area (TPSA) is 161 Å². The van der Waals surface area contributed by atoms with E-state index >= 15 is 0 Å². The van der Waals surface area contributed by atoms with Crippen molar-refractivity contribution < 1.29 is 14.7 Å². The van der Waals surface area contributed by atoms with E-state index in [0.29, 0.717) is 26.2 Å². The van der Waals surface area contributed by atoms with Crippen molar-refractivity contribution in [3.05, 3.63) is 29.8 Å². The van der Waals surface area contributed by atoms with Crippen LogP contribution in [-0.2, 0) is 11.2 Å². The Balaban J connectivity index is 2.29. The Morgan fingerprint density at radius 1 is 1.07 bits per heavy atom. The molecule has 0 aliphatic rings. The largest absolute Gasteiger partial charge is 0.494 e. The molecule has 8 N–H and O–H groups in total. The van der Waals surface area contributed by atoms with Crippen molar-refractivity contribution in [2.75, 3.05) is 26.2 Å². The smallest absolute Gasteiger partial charge is 0.269 e. The first kappa shape index (κ1) is 23.2. The number of ether oxygens (including phenoxy) is 1. The third-order valence-corrected chi connectivity index (χ3v) is 3.96. The second kappa shape index (κ2) is 14.3. The molecule has 156 valence electrons. The molecule has 0 radical (unpaired) electrons. The van der Waals surface area contributed by atoms with E-state index in [1.807, 2.05) is 24.3 Å². The molecule has 0 saturated carbocycles. The second-order valence-corrected chi connectivity index (χ2v) is 6.33. The summed E-state index contributed by atoms with van der Waals surface area (Å²) in [6, 6.07) is 7.32. The normalized spacial score (nSPS) is 11.1. The number of oxime groups is 1. The predicted octanol–water partition coefficient (Wildman–Crippen LogP) is 0.737. The number of hydrogen-bond acceptors (Lipinski definition) is 6. The highest BCUT2D eigenvalue weighted by Gasteiger charge is 2.12. The van der Waals surface area contributed by atoms with Gasteiger partial charge in [0.15, 0.2) is 5.96 Å². The molecule has 0 heterocycles. The molecule has 9 heteroatoms. The monoisotopic (exact) mass is 392 g/mol. The number of unbranched alkanes of at least 4 members (excludes halogenated alkanes) is 3. The fourth-order valence-electron chi connectivity index (χ4n) is 2.43. The Bertz CT molecular complexity index is 627. The van der Waals surface area contributed by atoms with Crippen LogP contribution in [0.5, 0.6) is 5.75 Å². The minimum atomic E-state index is -0.369. The SMILES string of the molecule is NCCCOc1ccc(C/C(=N\O)C(=O)NCCCCCCN=C(N)N)cc1. The van der Waals surface area contributed by atoms with Crippen LogP contribution in [0.2, 0.25) is 0 Å². The van der Waals surface area contributed by atoms with Crippen LogP contribution < -0.4 is 27.3 Å². The number of hydrogen-bond donors (Lipinski definition) is 5. The third-order valence-electron chi connectivity index (χ3n) is 3.96. The minimum Gasteiger partial charge on any atom is -0.494 e. The number of carbonyl (C=O) groups is 1. The van der Waals surface area contributed by atoms with Crippen molar-refractivity contribution in [3.63, 3.8) is 0 Å². The number of rotatable bonds is 14. The predicted molar refractivity (Wildman–Crippen MR) is 111 cm³/mol. The number of aliphatic imine (C=N–C) groups is 1. The fraction of sp³-hybridized carbons (Fsp3) is 0.526. The summed E-state index contributed by atoms with van der Waals surface area (Å²) in [7, 11) is 0. The van der Waals surface area contributed by atoms with Crippen molar-refractivity contribution in [3.8, 4) is 5.75 Å². The van der Waals surface area contributed by atoms with Gasteiger partial charge in [0.1, 0.15) is 11.5 Å². The molecule has 0 spiro atoms. The van der Waals surface area contributed by atoms with Crippen LogP contribution in [-0.4, -0.2) is 49.0 Å². The number of nitrogens with zero attached hydrogens (tertiary/aromatic N) is 2. The van der Waals surface area contributed by atoms with Crippen LogP contribution >= 0.6 is 0 Å². The molecule has 0 fully saturated rings. The Labute approximate surface area is 166 Å². The van der Waals surface area contributed by atoms with Crippen molar-refractivity contribution in [1.29, 1.82) is 0 Å². The summed E-state index contributed by atoms with van der Waals surface area (Å²) in [5.41, 5.74) is 16.9. The van der Waals surface area contributed by atoms with Gasteiger partial charge in [-0.2, -0.15) is 0 Å². The molecule has 0 unspecified atom stereocenters. The van der Waals surface area contributed by atoms with Gasteiger partial charge in [0.05, 0.1) is 6.61 Å². The third kappa shape index (κ3) is 10.4. The maximum Gasteiger partial charge on any atom is 0.269 e. The highest BCUT2D eigenvalue weighted by molar-refractivity contribution is 6.39. The fourth-order valence-corrected chi connectivity index (χ4v) is 2.43. The summed E-state index contributed by atoms with van der Waals surface area (Å²) in [5.74, 6) is 0.479. The number of nitrogens with two attached hydrogens (primary N) is 3. The van der Waals surface area contributed by atoms with Gasteiger partial charge in [-0.15, -0.1) is 0 Å². The lowest BCUT2D eigenvalue weighted by Crippen LogP contribution is -2.33. The number of guanidine groups is 1. The molecule has 28 heavy (non-hydrogen) atoms. The van der Waals surface area contributed by atoms with Gasteiger partial charge in [0.2, 0.25) is 0 Å². The van der Waals surface area contributed by atoms with Crippen LogP contribution in [0, 0.1) is 0 Å². The zero-order chi connectivity index (χ0) is 20.6. The lowest BCUT2D eigenvalue weighted by molar-refractivity contribution is -0.115. The average molecular weight is 393 g/mol. The molecule has 9 nitrogen and oxygen atoms in total. The van der Waals surface area contributed by atoms with Gasteiger partial charge >= 0.3 is 0 Å². The molecule has 0 aliphatic heterocycles. The van der Waals surface area contributed by atoms with Gasteiger partial charge in [-0.25, -0.2) is 0 Å². The summed E-state index contributed by atoms with van der Waals surface area (Å²) in [5, 5.41) is 15.1. The summed E-state index contributed by atoms with van der Waals surface area (Å²) in [4.78, 5) is 16.1. The standard InChI is InChI=1S/C19H32N6O3/c20-10-5-13-28-16-8-6-15(7-9-16)14-17(25-27)18(26)23-11-3-1-2-4-12-24-19(21)22/h6-9,27H,1-5,10-14,20H2,(H,23,26)(H4,21,22,24)/b25-17+. The Morgan fingerprint density at radius 3 is 2.43 bits per heavy atom. The first-order chi connectivity index (χ1) is 13.6. The average Bonchev–Trinajstić information content (AvgIpc) is 2.69. The van der Waals surface area contributed by atoms with E-state index in [1.165, 1.54) is 0 Å². The molecule has 1 aromatic rings. The minimum absolute atomic E-state index is 0.0737. The maximum absolute atomic E-state index is 12.1. The Kier molecular flexibility index (Phi) is 11.8. The molecule has 0 atom stereocenters. The number of benzene rings is 1. The van der Waals surface area contributed by atoms with Crippen molar-refractivity contribution in [2.24, 2.45) is 27.3 Å². The van der Waals surface area contributed by atoms with Crippen molar-refractivity contribution >= 4 is 17.6 Å². The van der Waals surface area contributed by atoms with Gasteiger partial charge in [0, 0.05) is 19.5 Å². The molecule has 0 saturated heterocycles. The summed E-state index contributed by atoms with van der Waals surface area (Å²) >= 11 is 0. The molecule has 0 bridgehead atoms. The van der Waals surface area contributed by atoms with E-state index < -0.39 is 0 Å². The van der Waals surface area contributed by atoms with Crippen molar-refractivity contribution in [1.82, 2.24) is 5.32 Å². The van der Waals surface area contributed by atoms with Gasteiger partial charge in [-0.3, -0.25) is 9.79 Å². The zero-order valence-electron chi connectivity index (χ0n) is 16.3. The van der Waals surface area contributed by atoms with E-state index in [-0.39, 0.29) is 24.0 Å². The summed E-state index contributed by atoms with van der Waals surface area (Å²) < 4.78 is 5.53. The number of carbonyl (C=O) groups excluding carboxylic acids is 1. The number of nitrogens with one attached hydrogen (secondary N) is 1. The Morgan fingerprint density at radius 2 is 1.79 bits per heavy atom. The van der Waals surface area contributed by atoms with E-state index in [2.05, 4.69) is 15.5 Å². The molecular formula is C19H32N6O3. The first-order valence-electron chi connectivity index (χ1n) is 9.53. The summed E-state index contributed by atoms with van der Waals surface area (Å²) in [6.07, 6.45) is 4.70. The molecule has 1 amide bonds. The Hall–Kier alpha value is -2.81. The highest BCUT2D eigenvalue weighted by atomic mass is 16.5. The van der Waals surface area contributed by atoms with E-state index in [4.69, 9.17) is 27.1 Å². The van der Waals surface area contributed by atoms with Crippen LogP contribution in [0.4, 0.5) is 0 Å². The molecule has 0 aromatic heterocycles. The summed E-state index contributed by atoms with van der Waals surface area (Å²) in [6.45, 7) is 2.29. The van der Waals surface area contributed by atoms with E-state index in [0.717, 1.165) is 43.4 Å². The van der Waals surface area contributed by atoms with Crippen LogP contribution in [0.3, 0.4) is 0 Å². The number of amides is 1. The van der Waals surface area contributed by atoms with Crippen LogP contribution in [0.25, 0.3) is 0 Å². The lowest BCUT2D eigenvalue weighted by atomic mass is 10.1. The van der Waals surface area contributed by atoms with Crippen molar-refractivity contribution in [2.45, 2.75) is 38.5 Å². The molecule has 1 rings (SSSR count). The zero-order valence-corrected chi connectivity index (χ0v) is 16.3. The lowest BCUT2D eigenvalue weighted by Gasteiger charge is -2.08. The van der Waals surface area contributed by atoms with E-state index in [1.54, 1.807) is 0 Å².